The van der Waals surface area contributed by atoms with Gasteiger partial charge in [0.1, 0.15) is 9.88 Å². The molecule has 1 aliphatic rings. The van der Waals surface area contributed by atoms with Crippen LogP contribution in [0.5, 0.6) is 0 Å². The second-order valence-electron chi connectivity index (χ2n) is 7.59. The highest BCUT2D eigenvalue weighted by molar-refractivity contribution is 7.17. The molecule has 0 bridgehead atoms. The topological polar surface area (TPSA) is 59.4 Å². The number of benzene rings is 2. The molecular weight excluding hydrogens is 408 g/mol. The van der Waals surface area contributed by atoms with Crippen LogP contribution in [-0.2, 0) is 11.3 Å². The number of nitrogens with zero attached hydrogens (tertiary/aromatic N) is 3. The molecule has 2 aromatic carbocycles. The Balaban J connectivity index is 1.25. The fraction of sp³-hybridized carbons (Fsp3) is 0.250. The van der Waals surface area contributed by atoms with Gasteiger partial charge >= 0.3 is 0 Å². The van der Waals surface area contributed by atoms with Crippen LogP contribution < -0.4 is 5.32 Å². The van der Waals surface area contributed by atoms with E-state index in [0.717, 1.165) is 61.0 Å². The lowest BCUT2D eigenvalue weighted by molar-refractivity contribution is 0.0365. The van der Waals surface area contributed by atoms with Gasteiger partial charge in [0.15, 0.2) is 0 Å². The minimum atomic E-state index is -0.134. The van der Waals surface area contributed by atoms with E-state index in [9.17, 15) is 4.79 Å². The zero-order valence-corrected chi connectivity index (χ0v) is 18.0. The van der Waals surface area contributed by atoms with Crippen molar-refractivity contribution in [2.45, 2.75) is 6.54 Å². The number of nitrogens with one attached hydrogen (secondary N) is 1. The van der Waals surface area contributed by atoms with Gasteiger partial charge in [0.2, 0.25) is 0 Å². The van der Waals surface area contributed by atoms with Crippen LogP contribution in [0.25, 0.3) is 21.5 Å². The third-order valence-electron chi connectivity index (χ3n) is 5.54. The van der Waals surface area contributed by atoms with Crippen molar-refractivity contribution >= 4 is 33.8 Å². The number of anilines is 1. The SMILES string of the molecule is O=C(Nc1ccc2c(ccn2CCN2CCOCC2)c1)c1cnc(-c2ccccc2)s1. The van der Waals surface area contributed by atoms with Crippen LogP contribution in [0.3, 0.4) is 0 Å². The highest BCUT2D eigenvalue weighted by Gasteiger charge is 2.13. The standard InChI is InChI=1S/C24H24N4O2S/c29-23(22-17-25-24(31-22)18-4-2-1-3-5-18)26-20-6-7-21-19(16-20)8-9-28(21)11-10-27-12-14-30-15-13-27/h1-9,16-17H,10-15H2,(H,26,29). The number of morpholine rings is 1. The van der Waals surface area contributed by atoms with Crippen LogP contribution in [0.2, 0.25) is 0 Å². The molecule has 0 spiro atoms. The monoisotopic (exact) mass is 432 g/mol. The molecule has 7 heteroatoms. The minimum Gasteiger partial charge on any atom is -0.379 e. The number of aromatic nitrogens is 2. The summed E-state index contributed by atoms with van der Waals surface area (Å²) in [4.78, 5) is 20.2. The average molecular weight is 433 g/mol. The first-order valence-corrected chi connectivity index (χ1v) is 11.3. The molecule has 0 saturated carbocycles. The Bertz CT molecular complexity index is 1180. The fourth-order valence-corrected chi connectivity index (χ4v) is 4.65. The molecule has 1 aliphatic heterocycles. The molecule has 6 nitrogen and oxygen atoms in total. The summed E-state index contributed by atoms with van der Waals surface area (Å²) < 4.78 is 7.69. The molecule has 2 aromatic heterocycles. The Morgan fingerprint density at radius 1 is 1.06 bits per heavy atom. The number of ether oxygens (including phenoxy) is 1. The summed E-state index contributed by atoms with van der Waals surface area (Å²) in [7, 11) is 0. The highest BCUT2D eigenvalue weighted by Crippen LogP contribution is 2.26. The quantitative estimate of drug-likeness (QED) is 0.492. The van der Waals surface area contributed by atoms with E-state index in [0.29, 0.717) is 4.88 Å². The Morgan fingerprint density at radius 3 is 2.74 bits per heavy atom. The smallest absolute Gasteiger partial charge is 0.267 e. The molecule has 0 atom stereocenters. The van der Waals surface area contributed by atoms with Gasteiger partial charge in [-0.3, -0.25) is 9.69 Å². The molecule has 3 heterocycles. The Hall–Kier alpha value is -3.00. The molecule has 5 rings (SSSR count). The Labute approximate surface area is 185 Å². The molecule has 0 radical (unpaired) electrons. The molecule has 4 aromatic rings. The molecule has 1 N–H and O–H groups in total. The number of carbonyl (C=O) groups excluding carboxylic acids is 1. The van der Waals surface area contributed by atoms with E-state index in [-0.39, 0.29) is 5.91 Å². The number of hydrogen-bond acceptors (Lipinski definition) is 5. The van der Waals surface area contributed by atoms with Gasteiger partial charge in [-0.1, -0.05) is 30.3 Å². The van der Waals surface area contributed by atoms with Gasteiger partial charge in [-0.15, -0.1) is 11.3 Å². The van der Waals surface area contributed by atoms with Gasteiger partial charge in [0.25, 0.3) is 5.91 Å². The zero-order valence-electron chi connectivity index (χ0n) is 17.2. The first kappa shape index (κ1) is 19.9. The van der Waals surface area contributed by atoms with Gasteiger partial charge in [-0.05, 0) is 24.3 Å². The minimum absolute atomic E-state index is 0.134. The molecule has 1 amide bonds. The number of thiazole rings is 1. The van der Waals surface area contributed by atoms with E-state index < -0.39 is 0 Å². The van der Waals surface area contributed by atoms with Crippen LogP contribution in [-0.4, -0.2) is 53.2 Å². The number of amides is 1. The predicted molar refractivity (Wildman–Crippen MR) is 125 cm³/mol. The molecule has 158 valence electrons. The maximum atomic E-state index is 12.7. The third kappa shape index (κ3) is 4.54. The van der Waals surface area contributed by atoms with E-state index in [1.807, 2.05) is 42.5 Å². The largest absolute Gasteiger partial charge is 0.379 e. The van der Waals surface area contributed by atoms with Crippen molar-refractivity contribution in [3.8, 4) is 10.6 Å². The lowest BCUT2D eigenvalue weighted by Gasteiger charge is -2.26. The summed E-state index contributed by atoms with van der Waals surface area (Å²) in [6.07, 6.45) is 3.76. The molecule has 31 heavy (non-hydrogen) atoms. The number of hydrogen-bond donors (Lipinski definition) is 1. The molecular formula is C24H24N4O2S. The third-order valence-corrected chi connectivity index (χ3v) is 6.59. The first-order chi connectivity index (χ1) is 15.3. The van der Waals surface area contributed by atoms with E-state index in [2.05, 4.69) is 38.1 Å². The summed E-state index contributed by atoms with van der Waals surface area (Å²) in [5.41, 5.74) is 2.99. The van der Waals surface area contributed by atoms with Crippen LogP contribution in [0.15, 0.2) is 67.0 Å². The number of carbonyl (C=O) groups is 1. The van der Waals surface area contributed by atoms with Gasteiger partial charge in [-0.2, -0.15) is 0 Å². The normalized spacial score (nSPS) is 14.7. The summed E-state index contributed by atoms with van der Waals surface area (Å²) in [6, 6.07) is 18.1. The maximum absolute atomic E-state index is 12.7. The van der Waals surface area contributed by atoms with E-state index in [1.54, 1.807) is 6.20 Å². The van der Waals surface area contributed by atoms with Crippen LogP contribution >= 0.6 is 11.3 Å². The van der Waals surface area contributed by atoms with E-state index in [1.165, 1.54) is 16.9 Å². The summed E-state index contributed by atoms with van der Waals surface area (Å²) in [5, 5.41) is 4.97. The Kier molecular flexibility index (Phi) is 5.80. The molecule has 1 fully saturated rings. The van der Waals surface area contributed by atoms with Crippen molar-refractivity contribution in [3.63, 3.8) is 0 Å². The lowest BCUT2D eigenvalue weighted by atomic mass is 10.2. The summed E-state index contributed by atoms with van der Waals surface area (Å²) >= 11 is 1.40. The molecule has 0 unspecified atom stereocenters. The van der Waals surface area contributed by atoms with Gasteiger partial charge in [-0.25, -0.2) is 4.98 Å². The maximum Gasteiger partial charge on any atom is 0.267 e. The number of fused-ring (bicyclic) bond motifs is 1. The predicted octanol–water partition coefficient (Wildman–Crippen LogP) is 4.35. The van der Waals surface area contributed by atoms with E-state index >= 15 is 0 Å². The van der Waals surface area contributed by atoms with Crippen LogP contribution in [0, 0.1) is 0 Å². The van der Waals surface area contributed by atoms with Crippen molar-refractivity contribution in [1.82, 2.24) is 14.5 Å². The van der Waals surface area contributed by atoms with Crippen molar-refractivity contribution in [3.05, 3.63) is 71.9 Å². The Morgan fingerprint density at radius 2 is 1.90 bits per heavy atom. The summed E-state index contributed by atoms with van der Waals surface area (Å²) in [6.45, 7) is 5.60. The van der Waals surface area contributed by atoms with Gasteiger partial charge in [0, 0.05) is 54.5 Å². The van der Waals surface area contributed by atoms with E-state index in [4.69, 9.17) is 4.74 Å². The first-order valence-electron chi connectivity index (χ1n) is 10.5. The highest BCUT2D eigenvalue weighted by atomic mass is 32.1. The van der Waals surface area contributed by atoms with Crippen molar-refractivity contribution in [2.75, 3.05) is 38.2 Å². The second-order valence-corrected chi connectivity index (χ2v) is 8.62. The second kappa shape index (κ2) is 9.01. The van der Waals surface area contributed by atoms with Crippen LogP contribution in [0.1, 0.15) is 9.67 Å². The van der Waals surface area contributed by atoms with Crippen LogP contribution in [0.4, 0.5) is 5.69 Å². The molecule has 0 aliphatic carbocycles. The van der Waals surface area contributed by atoms with Gasteiger partial charge < -0.3 is 14.6 Å². The fourth-order valence-electron chi connectivity index (χ4n) is 3.83. The summed E-state index contributed by atoms with van der Waals surface area (Å²) in [5.74, 6) is -0.134. The van der Waals surface area contributed by atoms with Gasteiger partial charge in [0.05, 0.1) is 19.4 Å². The lowest BCUT2D eigenvalue weighted by Crippen LogP contribution is -2.38. The zero-order chi connectivity index (χ0) is 21.0. The average Bonchev–Trinajstić information content (AvgIpc) is 3.46. The molecule has 1 saturated heterocycles. The van der Waals surface area contributed by atoms with Crippen molar-refractivity contribution in [2.24, 2.45) is 0 Å². The number of rotatable bonds is 6. The van der Waals surface area contributed by atoms with Crippen molar-refractivity contribution in [1.29, 1.82) is 0 Å². The van der Waals surface area contributed by atoms with Crippen molar-refractivity contribution < 1.29 is 9.53 Å².